The van der Waals surface area contributed by atoms with Crippen molar-refractivity contribution in [2.24, 2.45) is 7.05 Å². The molecule has 1 aromatic carbocycles. The molecular formula is C27H30N4O3. The zero-order chi connectivity index (χ0) is 24.0. The molecule has 7 heteroatoms. The predicted octanol–water partition coefficient (Wildman–Crippen LogP) is 4.37. The van der Waals surface area contributed by atoms with E-state index in [1.54, 1.807) is 30.1 Å². The molecule has 3 aromatic heterocycles. The second-order valence-electron chi connectivity index (χ2n) is 9.38. The average Bonchev–Trinajstić information content (AvgIpc) is 3.30. The quantitative estimate of drug-likeness (QED) is 0.493. The van der Waals surface area contributed by atoms with E-state index in [-0.39, 0.29) is 17.2 Å². The summed E-state index contributed by atoms with van der Waals surface area (Å²) in [6, 6.07) is 9.71. The predicted molar refractivity (Wildman–Crippen MR) is 135 cm³/mol. The summed E-state index contributed by atoms with van der Waals surface area (Å²) in [5.41, 5.74) is 3.85. The van der Waals surface area contributed by atoms with Gasteiger partial charge in [-0.05, 0) is 64.0 Å². The number of nitrogens with zero attached hydrogens (tertiary/aromatic N) is 3. The molecule has 0 amide bonds. The molecule has 0 unspecified atom stereocenters. The Kier molecular flexibility index (Phi) is 5.65. The summed E-state index contributed by atoms with van der Waals surface area (Å²) in [6.07, 6.45) is 7.23. The number of likely N-dealkylation sites (tertiary alicyclic amines) is 1. The number of rotatable bonds is 4. The normalized spacial score (nSPS) is 15.2. The number of benzene rings is 1. The molecule has 1 fully saturated rings. The van der Waals surface area contributed by atoms with Crippen molar-refractivity contribution in [1.82, 2.24) is 19.0 Å². The van der Waals surface area contributed by atoms with Crippen molar-refractivity contribution in [2.45, 2.75) is 32.7 Å². The molecule has 4 heterocycles. The van der Waals surface area contributed by atoms with Gasteiger partial charge < -0.3 is 23.8 Å². The van der Waals surface area contributed by atoms with Gasteiger partial charge in [0.25, 0.3) is 11.1 Å². The van der Waals surface area contributed by atoms with Crippen LogP contribution in [0.1, 0.15) is 30.0 Å². The summed E-state index contributed by atoms with van der Waals surface area (Å²) < 4.78 is 9.93. The van der Waals surface area contributed by atoms with Crippen molar-refractivity contribution < 1.29 is 4.74 Å². The SMILES string of the molecule is Cc1cccc(C)c1Oc1cn(C2CCN(C)CC2)c(=O)cc1-c1cn(C)c(=O)c2[nH]ccc12. The maximum Gasteiger partial charge on any atom is 0.274 e. The maximum atomic E-state index is 13.4. The highest BCUT2D eigenvalue weighted by atomic mass is 16.5. The lowest BCUT2D eigenvalue weighted by Gasteiger charge is -2.30. The van der Waals surface area contributed by atoms with Crippen LogP contribution < -0.4 is 15.9 Å². The third-order valence-electron chi connectivity index (χ3n) is 6.93. The van der Waals surface area contributed by atoms with Crippen molar-refractivity contribution >= 4 is 10.9 Å². The Morgan fingerprint density at radius 3 is 2.38 bits per heavy atom. The molecule has 1 aliphatic heterocycles. The number of H-pyrrole nitrogens is 1. The van der Waals surface area contributed by atoms with Crippen molar-refractivity contribution in [3.05, 3.63) is 80.8 Å². The fourth-order valence-electron chi connectivity index (χ4n) is 4.93. The van der Waals surface area contributed by atoms with E-state index in [2.05, 4.69) is 16.9 Å². The number of hydrogen-bond donors (Lipinski definition) is 1. The van der Waals surface area contributed by atoms with Gasteiger partial charge in [0.1, 0.15) is 11.3 Å². The Labute approximate surface area is 198 Å². The van der Waals surface area contributed by atoms with Crippen LogP contribution in [0.4, 0.5) is 0 Å². The van der Waals surface area contributed by atoms with E-state index in [0.717, 1.165) is 53.8 Å². The summed E-state index contributed by atoms with van der Waals surface area (Å²) in [5.74, 6) is 1.39. The van der Waals surface area contributed by atoms with Crippen LogP contribution in [0.2, 0.25) is 0 Å². The van der Waals surface area contributed by atoms with E-state index < -0.39 is 0 Å². The minimum Gasteiger partial charge on any atom is -0.455 e. The summed E-state index contributed by atoms with van der Waals surface area (Å²) in [5, 5.41) is 0.769. The first-order chi connectivity index (χ1) is 16.3. The third kappa shape index (κ3) is 3.86. The van der Waals surface area contributed by atoms with Crippen LogP contribution in [0.5, 0.6) is 11.5 Å². The fourth-order valence-corrected chi connectivity index (χ4v) is 4.93. The molecule has 0 saturated carbocycles. The standard InChI is InChI=1S/C27H30N4O3/c1-17-6-5-7-18(2)26(17)34-23-16-31(19-9-12-29(3)13-10-19)24(32)14-21(23)22-15-30(4)27(33)25-20(22)8-11-28-25/h5-8,11,14-16,19,28H,9-10,12-13H2,1-4H3. The molecule has 1 N–H and O–H groups in total. The average molecular weight is 459 g/mol. The van der Waals surface area contributed by atoms with Gasteiger partial charge in [-0.1, -0.05) is 18.2 Å². The first kappa shape index (κ1) is 22.2. The van der Waals surface area contributed by atoms with Gasteiger partial charge in [-0.3, -0.25) is 9.59 Å². The zero-order valence-corrected chi connectivity index (χ0v) is 20.1. The second-order valence-corrected chi connectivity index (χ2v) is 9.38. The van der Waals surface area contributed by atoms with E-state index >= 15 is 0 Å². The van der Waals surface area contributed by atoms with Crippen LogP contribution in [0.25, 0.3) is 22.0 Å². The molecule has 1 aliphatic rings. The van der Waals surface area contributed by atoms with Gasteiger partial charge in [0, 0.05) is 48.1 Å². The topological polar surface area (TPSA) is 72.3 Å². The molecule has 0 bridgehead atoms. The zero-order valence-electron chi connectivity index (χ0n) is 20.1. The van der Waals surface area contributed by atoms with E-state index in [1.807, 2.05) is 48.9 Å². The van der Waals surface area contributed by atoms with Crippen LogP contribution in [0, 0.1) is 13.8 Å². The molecule has 0 aliphatic carbocycles. The lowest BCUT2D eigenvalue weighted by Crippen LogP contribution is -2.35. The minimum atomic E-state index is -0.111. The molecule has 0 spiro atoms. The number of piperidine rings is 1. The van der Waals surface area contributed by atoms with Gasteiger partial charge in [0.15, 0.2) is 5.75 Å². The highest BCUT2D eigenvalue weighted by molar-refractivity contribution is 5.95. The Morgan fingerprint density at radius 2 is 1.68 bits per heavy atom. The van der Waals surface area contributed by atoms with Gasteiger partial charge in [-0.15, -0.1) is 0 Å². The van der Waals surface area contributed by atoms with Crippen molar-refractivity contribution in [3.8, 4) is 22.6 Å². The molecule has 0 radical (unpaired) electrons. The van der Waals surface area contributed by atoms with Gasteiger partial charge in [-0.25, -0.2) is 0 Å². The highest BCUT2D eigenvalue weighted by Gasteiger charge is 2.23. The van der Waals surface area contributed by atoms with Crippen molar-refractivity contribution in [1.29, 1.82) is 0 Å². The second kappa shape index (κ2) is 8.65. The number of nitrogens with one attached hydrogen (secondary N) is 1. The molecule has 7 nitrogen and oxygen atoms in total. The summed E-state index contributed by atoms with van der Waals surface area (Å²) >= 11 is 0. The van der Waals surface area contributed by atoms with Gasteiger partial charge in [0.2, 0.25) is 0 Å². The molecule has 34 heavy (non-hydrogen) atoms. The largest absolute Gasteiger partial charge is 0.455 e. The van der Waals surface area contributed by atoms with E-state index in [1.165, 1.54) is 0 Å². The number of ether oxygens (including phenoxy) is 1. The number of pyridine rings is 2. The number of aromatic nitrogens is 3. The maximum absolute atomic E-state index is 13.4. The smallest absolute Gasteiger partial charge is 0.274 e. The van der Waals surface area contributed by atoms with Gasteiger partial charge >= 0.3 is 0 Å². The minimum absolute atomic E-state index is 0.0593. The summed E-state index contributed by atoms with van der Waals surface area (Å²) in [7, 11) is 3.83. The van der Waals surface area contributed by atoms with Crippen molar-refractivity contribution in [2.75, 3.05) is 20.1 Å². The number of aryl methyl sites for hydroxylation is 3. The molecule has 5 rings (SSSR count). The van der Waals surface area contributed by atoms with Crippen LogP contribution in [-0.2, 0) is 7.05 Å². The lowest BCUT2D eigenvalue weighted by molar-refractivity contribution is 0.218. The molecule has 0 atom stereocenters. The Morgan fingerprint density at radius 1 is 0.971 bits per heavy atom. The van der Waals surface area contributed by atoms with E-state index in [4.69, 9.17) is 4.74 Å². The number of hydrogen-bond acceptors (Lipinski definition) is 4. The van der Waals surface area contributed by atoms with Crippen LogP contribution >= 0.6 is 0 Å². The summed E-state index contributed by atoms with van der Waals surface area (Å²) in [6.45, 7) is 5.95. The van der Waals surface area contributed by atoms with E-state index in [9.17, 15) is 9.59 Å². The van der Waals surface area contributed by atoms with E-state index in [0.29, 0.717) is 16.8 Å². The summed E-state index contributed by atoms with van der Waals surface area (Å²) in [4.78, 5) is 31.3. The third-order valence-corrected chi connectivity index (χ3v) is 6.93. The Hall–Kier alpha value is -3.58. The van der Waals surface area contributed by atoms with Gasteiger partial charge in [-0.2, -0.15) is 0 Å². The number of aromatic amines is 1. The monoisotopic (exact) mass is 458 g/mol. The van der Waals surface area contributed by atoms with Crippen LogP contribution in [-0.4, -0.2) is 39.2 Å². The highest BCUT2D eigenvalue weighted by Crippen LogP contribution is 2.38. The molecule has 4 aromatic rings. The number of para-hydroxylation sites is 1. The lowest BCUT2D eigenvalue weighted by atomic mass is 10.0. The first-order valence-electron chi connectivity index (χ1n) is 11.7. The fraction of sp³-hybridized carbons (Fsp3) is 0.333. The molecular weight excluding hydrogens is 428 g/mol. The van der Waals surface area contributed by atoms with Crippen LogP contribution in [0.15, 0.2) is 58.5 Å². The van der Waals surface area contributed by atoms with Crippen LogP contribution in [0.3, 0.4) is 0 Å². The Bertz CT molecular complexity index is 1470. The first-order valence-corrected chi connectivity index (χ1v) is 11.7. The van der Waals surface area contributed by atoms with Gasteiger partial charge in [0.05, 0.1) is 6.20 Å². The Balaban J connectivity index is 1.72. The molecule has 176 valence electrons. The molecule has 1 saturated heterocycles. The van der Waals surface area contributed by atoms with Crippen molar-refractivity contribution in [3.63, 3.8) is 0 Å². The number of fused-ring (bicyclic) bond motifs is 1.